The van der Waals surface area contributed by atoms with Crippen LogP contribution in [0.5, 0.6) is 11.5 Å². The van der Waals surface area contributed by atoms with Gasteiger partial charge in [0.05, 0.1) is 11.6 Å². The summed E-state index contributed by atoms with van der Waals surface area (Å²) in [5.41, 5.74) is 0. The lowest BCUT2D eigenvalue weighted by atomic mass is 10.3. The van der Waals surface area contributed by atoms with Crippen molar-refractivity contribution in [3.05, 3.63) is 58.3 Å². The molecule has 0 atom stereocenters. The van der Waals surface area contributed by atoms with Gasteiger partial charge in [0.25, 0.3) is 5.91 Å². The molecule has 7 heteroatoms. The third-order valence-corrected chi connectivity index (χ3v) is 3.27. The number of halogens is 3. The Balaban J connectivity index is 1.67. The Morgan fingerprint density at radius 3 is 2.70 bits per heavy atom. The molecule has 0 fully saturated rings. The van der Waals surface area contributed by atoms with Crippen LogP contribution < -0.4 is 14.8 Å². The van der Waals surface area contributed by atoms with Crippen molar-refractivity contribution in [2.24, 2.45) is 0 Å². The van der Waals surface area contributed by atoms with Crippen LogP contribution in [0.3, 0.4) is 0 Å². The number of hydrogen-bond donors (Lipinski definition) is 1. The summed E-state index contributed by atoms with van der Waals surface area (Å²) in [5, 5.41) is 3.44. The summed E-state index contributed by atoms with van der Waals surface area (Å²) >= 11 is 11.7. The number of carbonyl (C=O) groups excluding carboxylic acids is 1. The van der Waals surface area contributed by atoms with Gasteiger partial charge in [0, 0.05) is 11.1 Å². The maximum absolute atomic E-state index is 12.9. The molecule has 0 saturated heterocycles. The average Bonchev–Trinajstić information content (AvgIpc) is 2.51. The van der Waals surface area contributed by atoms with Gasteiger partial charge in [-0.1, -0.05) is 29.3 Å². The van der Waals surface area contributed by atoms with E-state index in [1.165, 1.54) is 18.2 Å². The van der Waals surface area contributed by atoms with Gasteiger partial charge in [0.1, 0.15) is 23.9 Å². The first-order chi connectivity index (χ1) is 11.0. The van der Waals surface area contributed by atoms with E-state index in [9.17, 15) is 9.18 Å². The van der Waals surface area contributed by atoms with Gasteiger partial charge >= 0.3 is 0 Å². The molecule has 23 heavy (non-hydrogen) atoms. The van der Waals surface area contributed by atoms with Gasteiger partial charge in [-0.3, -0.25) is 4.79 Å². The van der Waals surface area contributed by atoms with Crippen LogP contribution in [0.25, 0.3) is 0 Å². The Kier molecular flexibility index (Phi) is 6.50. The van der Waals surface area contributed by atoms with Crippen molar-refractivity contribution in [1.29, 1.82) is 0 Å². The zero-order valence-electron chi connectivity index (χ0n) is 12.0. The molecule has 0 aromatic heterocycles. The number of ether oxygens (including phenoxy) is 2. The van der Waals surface area contributed by atoms with E-state index in [0.717, 1.165) is 0 Å². The first-order valence-electron chi connectivity index (χ1n) is 6.77. The van der Waals surface area contributed by atoms with Crippen molar-refractivity contribution >= 4 is 29.1 Å². The molecule has 1 N–H and O–H groups in total. The fraction of sp³-hybridized carbons (Fsp3) is 0.188. The molecule has 0 saturated carbocycles. The zero-order valence-corrected chi connectivity index (χ0v) is 13.5. The molecule has 0 aliphatic heterocycles. The third kappa shape index (κ3) is 5.96. The summed E-state index contributed by atoms with van der Waals surface area (Å²) in [6.07, 6.45) is 0. The first-order valence-corrected chi connectivity index (χ1v) is 7.53. The van der Waals surface area contributed by atoms with Crippen molar-refractivity contribution < 1.29 is 18.7 Å². The van der Waals surface area contributed by atoms with Crippen molar-refractivity contribution in [3.8, 4) is 11.5 Å². The summed E-state index contributed by atoms with van der Waals surface area (Å²) in [4.78, 5) is 11.6. The number of rotatable bonds is 7. The van der Waals surface area contributed by atoms with Gasteiger partial charge in [0.15, 0.2) is 6.61 Å². The highest BCUT2D eigenvalue weighted by Gasteiger charge is 2.06. The molecule has 0 radical (unpaired) electrons. The van der Waals surface area contributed by atoms with Crippen LogP contribution in [0.4, 0.5) is 4.39 Å². The molecule has 2 rings (SSSR count). The molecule has 0 aliphatic carbocycles. The lowest BCUT2D eigenvalue weighted by molar-refractivity contribution is -0.123. The predicted octanol–water partition coefficient (Wildman–Crippen LogP) is 3.71. The lowest BCUT2D eigenvalue weighted by Gasteiger charge is -2.10. The second kappa shape index (κ2) is 8.60. The van der Waals surface area contributed by atoms with Crippen LogP contribution in [0.15, 0.2) is 42.5 Å². The van der Waals surface area contributed by atoms with Gasteiger partial charge in [-0.15, -0.1) is 0 Å². The van der Waals surface area contributed by atoms with Crippen LogP contribution >= 0.6 is 23.2 Å². The number of carbonyl (C=O) groups is 1. The number of nitrogens with one attached hydrogen (secondary N) is 1. The van der Waals surface area contributed by atoms with Crippen LogP contribution in [0.2, 0.25) is 10.0 Å². The quantitative estimate of drug-likeness (QED) is 0.768. The summed E-state index contributed by atoms with van der Waals surface area (Å²) in [6.45, 7) is 0.311. The molecule has 2 aromatic carbocycles. The summed E-state index contributed by atoms with van der Waals surface area (Å²) in [6, 6.07) is 10.5. The van der Waals surface area contributed by atoms with Gasteiger partial charge in [-0.05, 0) is 30.3 Å². The molecule has 0 spiro atoms. The molecular formula is C16H14Cl2FNO3. The summed E-state index contributed by atoms with van der Waals surface area (Å²) in [7, 11) is 0. The molecule has 122 valence electrons. The predicted molar refractivity (Wildman–Crippen MR) is 86.9 cm³/mol. The minimum absolute atomic E-state index is 0.179. The summed E-state index contributed by atoms with van der Waals surface area (Å²) in [5.74, 6) is 0.0873. The normalized spacial score (nSPS) is 10.2. The first kappa shape index (κ1) is 17.4. The topological polar surface area (TPSA) is 47.6 Å². The van der Waals surface area contributed by atoms with Crippen LogP contribution in [0, 0.1) is 5.82 Å². The standard InChI is InChI=1S/C16H14Cl2FNO3/c17-11-4-5-15(14(18)8-11)23-10-16(21)20-6-7-22-13-3-1-2-12(19)9-13/h1-5,8-9H,6-7,10H2,(H,20,21). The SMILES string of the molecule is O=C(COc1ccc(Cl)cc1Cl)NCCOc1cccc(F)c1. The van der Waals surface area contributed by atoms with E-state index in [2.05, 4.69) is 5.32 Å². The third-order valence-electron chi connectivity index (χ3n) is 2.74. The highest BCUT2D eigenvalue weighted by atomic mass is 35.5. The van der Waals surface area contributed by atoms with Crippen molar-refractivity contribution in [1.82, 2.24) is 5.32 Å². The molecule has 0 heterocycles. The molecule has 0 unspecified atom stereocenters. The average molecular weight is 358 g/mol. The fourth-order valence-corrected chi connectivity index (χ4v) is 2.17. The van der Waals surface area contributed by atoms with Gasteiger partial charge in [-0.25, -0.2) is 4.39 Å². The maximum atomic E-state index is 12.9. The van der Waals surface area contributed by atoms with Crippen LogP contribution in [0.1, 0.15) is 0 Å². The Bertz CT molecular complexity index is 682. The van der Waals surface area contributed by atoms with Crippen LogP contribution in [-0.2, 0) is 4.79 Å². The molecule has 0 bridgehead atoms. The smallest absolute Gasteiger partial charge is 0.258 e. The molecular weight excluding hydrogens is 344 g/mol. The van der Waals surface area contributed by atoms with E-state index in [4.69, 9.17) is 32.7 Å². The van der Waals surface area contributed by atoms with Crippen molar-refractivity contribution in [2.75, 3.05) is 19.8 Å². The van der Waals surface area contributed by atoms with E-state index in [0.29, 0.717) is 21.5 Å². The highest BCUT2D eigenvalue weighted by molar-refractivity contribution is 6.35. The van der Waals surface area contributed by atoms with Crippen LogP contribution in [-0.4, -0.2) is 25.7 Å². The maximum Gasteiger partial charge on any atom is 0.258 e. The van der Waals surface area contributed by atoms with Crippen molar-refractivity contribution in [2.45, 2.75) is 0 Å². The zero-order chi connectivity index (χ0) is 16.7. The number of benzene rings is 2. The monoisotopic (exact) mass is 357 g/mol. The van der Waals surface area contributed by atoms with Gasteiger partial charge in [-0.2, -0.15) is 0 Å². The largest absolute Gasteiger partial charge is 0.492 e. The lowest BCUT2D eigenvalue weighted by Crippen LogP contribution is -2.32. The van der Waals surface area contributed by atoms with E-state index in [1.54, 1.807) is 24.3 Å². The Hall–Kier alpha value is -1.98. The second-order valence-corrected chi connectivity index (χ2v) is 5.36. The highest BCUT2D eigenvalue weighted by Crippen LogP contribution is 2.27. The number of hydrogen-bond acceptors (Lipinski definition) is 3. The van der Waals surface area contributed by atoms with Crippen molar-refractivity contribution in [3.63, 3.8) is 0 Å². The molecule has 0 aliphatic rings. The second-order valence-electron chi connectivity index (χ2n) is 4.52. The van der Waals surface area contributed by atoms with E-state index >= 15 is 0 Å². The minimum atomic E-state index is -0.375. The fourth-order valence-electron chi connectivity index (χ4n) is 1.70. The number of amides is 1. The summed E-state index contributed by atoms with van der Waals surface area (Å²) < 4.78 is 23.5. The van der Waals surface area contributed by atoms with E-state index in [-0.39, 0.29) is 31.5 Å². The Morgan fingerprint density at radius 1 is 1.13 bits per heavy atom. The Labute approximate surface area is 143 Å². The van der Waals surface area contributed by atoms with E-state index in [1.807, 2.05) is 0 Å². The Morgan fingerprint density at radius 2 is 1.96 bits per heavy atom. The minimum Gasteiger partial charge on any atom is -0.492 e. The molecule has 4 nitrogen and oxygen atoms in total. The molecule has 1 amide bonds. The van der Waals surface area contributed by atoms with E-state index < -0.39 is 0 Å². The molecule has 2 aromatic rings. The van der Waals surface area contributed by atoms with Gasteiger partial charge < -0.3 is 14.8 Å². The van der Waals surface area contributed by atoms with Gasteiger partial charge in [0.2, 0.25) is 0 Å².